The highest BCUT2D eigenvalue weighted by atomic mass is 16.5. The first-order valence-corrected chi connectivity index (χ1v) is 4.10. The second kappa shape index (κ2) is 4.45. The van der Waals surface area contributed by atoms with Crippen molar-refractivity contribution < 1.29 is 14.8 Å². The Morgan fingerprint density at radius 3 is 3.00 bits per heavy atom. The largest absolute Gasteiger partial charge is 0.486 e. The van der Waals surface area contributed by atoms with E-state index in [9.17, 15) is 0 Å². The molecule has 2 N–H and O–H groups in total. The third kappa shape index (κ3) is 2.20. The van der Waals surface area contributed by atoms with Gasteiger partial charge in [0.15, 0.2) is 0 Å². The van der Waals surface area contributed by atoms with Gasteiger partial charge in [0.1, 0.15) is 0 Å². The predicted octanol–water partition coefficient (Wildman–Crippen LogP) is 0.290. The Hall–Kier alpha value is -0.575. The van der Waals surface area contributed by atoms with Crippen LogP contribution in [0.3, 0.4) is 0 Å². The van der Waals surface area contributed by atoms with Crippen LogP contribution in [-0.2, 0) is 4.74 Å². The van der Waals surface area contributed by atoms with Crippen molar-refractivity contribution in [3.05, 3.63) is 23.7 Å². The summed E-state index contributed by atoms with van der Waals surface area (Å²) in [7, 11) is -1.40. The van der Waals surface area contributed by atoms with E-state index in [2.05, 4.69) is 0 Å². The highest BCUT2D eigenvalue weighted by molar-refractivity contribution is 6.51. The number of rotatable bonds is 3. The summed E-state index contributed by atoms with van der Waals surface area (Å²) in [6.45, 7) is 2.47. The van der Waals surface area contributed by atoms with Crippen molar-refractivity contribution in [2.75, 3.05) is 6.61 Å². The van der Waals surface area contributed by atoms with Crippen molar-refractivity contribution in [3.63, 3.8) is 0 Å². The second-order valence-corrected chi connectivity index (χ2v) is 2.65. The Kier molecular flexibility index (Phi) is 3.53. The van der Waals surface area contributed by atoms with Crippen LogP contribution >= 0.6 is 0 Å². The molecular formula is C8H13BO3. The van der Waals surface area contributed by atoms with Crippen LogP contribution in [0.4, 0.5) is 0 Å². The van der Waals surface area contributed by atoms with Crippen LogP contribution in [0, 0.1) is 0 Å². The molecule has 1 aliphatic carbocycles. The van der Waals surface area contributed by atoms with Gasteiger partial charge in [0.2, 0.25) is 0 Å². The molecule has 0 aromatic carbocycles. The van der Waals surface area contributed by atoms with Gasteiger partial charge in [-0.2, -0.15) is 0 Å². The lowest BCUT2D eigenvalue weighted by Gasteiger charge is -2.20. The van der Waals surface area contributed by atoms with Gasteiger partial charge in [0.25, 0.3) is 0 Å². The molecule has 66 valence electrons. The highest BCUT2D eigenvalue weighted by Gasteiger charge is 2.24. The third-order valence-corrected chi connectivity index (χ3v) is 1.81. The van der Waals surface area contributed by atoms with Gasteiger partial charge in [-0.3, -0.25) is 0 Å². The van der Waals surface area contributed by atoms with E-state index in [1.54, 1.807) is 6.08 Å². The Balaban J connectivity index is 2.63. The van der Waals surface area contributed by atoms with Crippen LogP contribution in [0.25, 0.3) is 0 Å². The van der Waals surface area contributed by atoms with Gasteiger partial charge in [0, 0.05) is 6.61 Å². The molecule has 0 saturated carbocycles. The van der Waals surface area contributed by atoms with Crippen molar-refractivity contribution in [1.82, 2.24) is 0 Å². The van der Waals surface area contributed by atoms with Crippen molar-refractivity contribution in [3.8, 4) is 0 Å². The quantitative estimate of drug-likeness (QED) is 0.595. The van der Waals surface area contributed by atoms with E-state index >= 15 is 0 Å². The number of hydrogen-bond donors (Lipinski definition) is 2. The van der Waals surface area contributed by atoms with Gasteiger partial charge in [-0.15, -0.1) is 0 Å². The Morgan fingerprint density at radius 2 is 2.42 bits per heavy atom. The average molecular weight is 168 g/mol. The van der Waals surface area contributed by atoms with Crippen LogP contribution in [-0.4, -0.2) is 29.9 Å². The molecule has 0 aromatic rings. The van der Waals surface area contributed by atoms with E-state index in [0.29, 0.717) is 12.1 Å². The summed E-state index contributed by atoms with van der Waals surface area (Å²) in [5.41, 5.74) is 0.541. The van der Waals surface area contributed by atoms with E-state index in [-0.39, 0.29) is 6.10 Å². The summed E-state index contributed by atoms with van der Waals surface area (Å²) in [5.74, 6) is 0. The van der Waals surface area contributed by atoms with Gasteiger partial charge in [0.05, 0.1) is 6.10 Å². The molecule has 0 heterocycles. The van der Waals surface area contributed by atoms with E-state index in [0.717, 1.165) is 6.42 Å². The molecule has 0 spiro atoms. The zero-order chi connectivity index (χ0) is 8.97. The van der Waals surface area contributed by atoms with Crippen LogP contribution in [0.15, 0.2) is 23.7 Å². The summed E-state index contributed by atoms with van der Waals surface area (Å²) >= 11 is 0. The van der Waals surface area contributed by atoms with E-state index in [4.69, 9.17) is 14.8 Å². The first-order chi connectivity index (χ1) is 5.75. The minimum Gasteiger partial charge on any atom is -0.423 e. The van der Waals surface area contributed by atoms with Gasteiger partial charge in [-0.25, -0.2) is 0 Å². The van der Waals surface area contributed by atoms with E-state index in [1.807, 2.05) is 19.1 Å². The molecule has 1 aliphatic rings. The first kappa shape index (κ1) is 9.51. The predicted molar refractivity (Wildman–Crippen MR) is 47.4 cm³/mol. The molecule has 12 heavy (non-hydrogen) atoms. The number of allylic oxidation sites excluding steroid dienone is 2. The molecular weight excluding hydrogens is 155 g/mol. The fraction of sp³-hybridized carbons (Fsp3) is 0.500. The molecule has 0 radical (unpaired) electrons. The lowest BCUT2D eigenvalue weighted by Crippen LogP contribution is -2.29. The second-order valence-electron chi connectivity index (χ2n) is 2.65. The van der Waals surface area contributed by atoms with Gasteiger partial charge in [-0.1, -0.05) is 18.2 Å². The third-order valence-electron chi connectivity index (χ3n) is 1.81. The SMILES string of the molecule is CCOC1CC=CC=C1B(O)O. The Labute approximate surface area is 72.5 Å². The van der Waals surface area contributed by atoms with Crippen molar-refractivity contribution in [2.24, 2.45) is 0 Å². The topological polar surface area (TPSA) is 49.7 Å². The van der Waals surface area contributed by atoms with Crippen molar-refractivity contribution >= 4 is 7.12 Å². The van der Waals surface area contributed by atoms with E-state index < -0.39 is 7.12 Å². The first-order valence-electron chi connectivity index (χ1n) is 4.10. The van der Waals surface area contributed by atoms with Gasteiger partial charge < -0.3 is 14.8 Å². The maximum atomic E-state index is 8.95. The summed E-state index contributed by atoms with van der Waals surface area (Å²) in [4.78, 5) is 0. The molecule has 0 amide bonds. The molecule has 0 fully saturated rings. The summed E-state index contributed by atoms with van der Waals surface area (Å²) in [5, 5.41) is 17.9. The molecule has 0 aliphatic heterocycles. The molecule has 0 saturated heterocycles. The Morgan fingerprint density at radius 1 is 1.67 bits per heavy atom. The monoisotopic (exact) mass is 168 g/mol. The molecule has 1 rings (SSSR count). The van der Waals surface area contributed by atoms with Crippen LogP contribution < -0.4 is 0 Å². The minimum absolute atomic E-state index is 0.167. The van der Waals surface area contributed by atoms with Gasteiger partial charge >= 0.3 is 7.12 Å². The van der Waals surface area contributed by atoms with Crippen LogP contribution in [0.5, 0.6) is 0 Å². The van der Waals surface area contributed by atoms with E-state index in [1.165, 1.54) is 0 Å². The average Bonchev–Trinajstić information content (AvgIpc) is 2.05. The smallest absolute Gasteiger partial charge is 0.423 e. The lowest BCUT2D eigenvalue weighted by atomic mass is 9.73. The maximum Gasteiger partial charge on any atom is 0.486 e. The fourth-order valence-electron chi connectivity index (χ4n) is 1.24. The minimum atomic E-state index is -1.40. The zero-order valence-corrected chi connectivity index (χ0v) is 7.10. The zero-order valence-electron chi connectivity index (χ0n) is 7.10. The highest BCUT2D eigenvalue weighted by Crippen LogP contribution is 2.17. The molecule has 4 heteroatoms. The van der Waals surface area contributed by atoms with Crippen LogP contribution in [0.2, 0.25) is 0 Å². The summed E-state index contributed by atoms with van der Waals surface area (Å²) in [6, 6.07) is 0. The molecule has 0 bridgehead atoms. The van der Waals surface area contributed by atoms with Crippen molar-refractivity contribution in [1.29, 1.82) is 0 Å². The van der Waals surface area contributed by atoms with Crippen LogP contribution in [0.1, 0.15) is 13.3 Å². The molecule has 1 unspecified atom stereocenters. The summed E-state index contributed by atoms with van der Waals surface area (Å²) in [6.07, 6.45) is 6.00. The normalized spacial score (nSPS) is 22.2. The molecule has 3 nitrogen and oxygen atoms in total. The molecule has 1 atom stereocenters. The maximum absolute atomic E-state index is 8.95. The standard InChI is InChI=1S/C8H13BO3/c1-2-12-8-6-4-3-5-7(8)9(10)11/h3-5,8,10-11H,2,6H2,1H3. The van der Waals surface area contributed by atoms with Crippen molar-refractivity contribution in [2.45, 2.75) is 19.4 Å². The Bertz CT molecular complexity index is 198. The lowest BCUT2D eigenvalue weighted by molar-refractivity contribution is 0.0913. The number of hydrogen-bond acceptors (Lipinski definition) is 3. The fourth-order valence-corrected chi connectivity index (χ4v) is 1.24. The summed E-state index contributed by atoms with van der Waals surface area (Å²) < 4.78 is 5.32. The number of ether oxygens (including phenoxy) is 1. The molecule has 0 aromatic heterocycles. The van der Waals surface area contributed by atoms with Gasteiger partial charge in [-0.05, 0) is 18.8 Å².